The van der Waals surface area contributed by atoms with Gasteiger partial charge >= 0.3 is 6.09 Å². The van der Waals surface area contributed by atoms with Crippen LogP contribution in [-0.4, -0.2) is 154 Å². The van der Waals surface area contributed by atoms with Crippen molar-refractivity contribution >= 4 is 12.6 Å². The van der Waals surface area contributed by atoms with E-state index in [1.165, 1.54) is 4.90 Å². The van der Waals surface area contributed by atoms with Crippen LogP contribution in [0.4, 0.5) is 4.79 Å². The van der Waals surface area contributed by atoms with Crippen LogP contribution in [0.5, 0.6) is 0 Å². The van der Waals surface area contributed by atoms with Crippen LogP contribution >= 0.6 is 0 Å². The largest absolute Gasteiger partial charge is 0.483 e. The zero-order chi connectivity index (χ0) is 29.4. The molecule has 16 nitrogen and oxygen atoms in total. The highest BCUT2D eigenvalue weighted by atomic mass is 16.4. The Morgan fingerprint density at radius 1 is 0.737 bits per heavy atom. The zero-order valence-corrected chi connectivity index (χ0v) is 20.4. The van der Waals surface area contributed by atoms with Crippen molar-refractivity contribution in [1.82, 2.24) is 10.2 Å². The standard InChI is InChI=1S/C21H36N2O12.CH2O2/c24-9-15(28)19(32)17(30)13(26)7-23(8-14(27)18(31)20(33)16(29)10-25)6-12-3-1-11(2-4-12)5-22-21(34)35;2-1-3/h1-4,13-20,22,24-33H,5-10H2,(H,34,35);1H,(H,2,3). The molecule has 1 rings (SSSR count). The molecule has 0 radical (unpaired) electrons. The Morgan fingerprint density at radius 2 is 1.08 bits per heavy atom. The summed E-state index contributed by atoms with van der Waals surface area (Å²) in [6.45, 7) is -2.72. The fourth-order valence-corrected chi connectivity index (χ4v) is 3.27. The van der Waals surface area contributed by atoms with Crippen LogP contribution in [0, 0.1) is 0 Å². The number of aliphatic hydroxyl groups is 10. The lowest BCUT2D eigenvalue weighted by Gasteiger charge is -2.33. The molecule has 0 fully saturated rings. The quantitative estimate of drug-likeness (QED) is 0.0850. The Bertz CT molecular complexity index is 756. The van der Waals surface area contributed by atoms with Gasteiger partial charge in [0.2, 0.25) is 0 Å². The van der Waals surface area contributed by atoms with E-state index in [2.05, 4.69) is 5.32 Å². The Hall–Kier alpha value is -2.48. The van der Waals surface area contributed by atoms with Crippen molar-refractivity contribution in [3.05, 3.63) is 35.4 Å². The first-order valence-electron chi connectivity index (χ1n) is 11.3. The smallest absolute Gasteiger partial charge is 0.404 e. The molecule has 220 valence electrons. The molecular weight excluding hydrogens is 516 g/mol. The average Bonchev–Trinajstić information content (AvgIpc) is 2.90. The van der Waals surface area contributed by atoms with E-state index < -0.39 is 81.2 Å². The lowest BCUT2D eigenvalue weighted by atomic mass is 10.0. The van der Waals surface area contributed by atoms with Gasteiger partial charge in [-0.3, -0.25) is 9.69 Å². The number of aliphatic hydroxyl groups excluding tert-OH is 10. The molecule has 8 unspecified atom stereocenters. The lowest BCUT2D eigenvalue weighted by molar-refractivity contribution is -0.131. The van der Waals surface area contributed by atoms with Gasteiger partial charge in [-0.2, -0.15) is 0 Å². The van der Waals surface area contributed by atoms with Crippen LogP contribution in [0.1, 0.15) is 11.1 Å². The second kappa shape index (κ2) is 18.7. The third kappa shape index (κ3) is 12.9. The van der Waals surface area contributed by atoms with E-state index in [9.17, 15) is 45.6 Å². The molecule has 0 heterocycles. The van der Waals surface area contributed by atoms with Gasteiger partial charge in [0.05, 0.1) is 25.4 Å². The highest BCUT2D eigenvalue weighted by Gasteiger charge is 2.34. The van der Waals surface area contributed by atoms with E-state index in [-0.39, 0.29) is 19.6 Å². The number of rotatable bonds is 16. The number of nitrogens with one attached hydrogen (secondary N) is 1. The van der Waals surface area contributed by atoms with E-state index in [1.807, 2.05) is 0 Å². The number of hydrogen-bond acceptors (Lipinski definition) is 13. The van der Waals surface area contributed by atoms with Crippen LogP contribution in [0.2, 0.25) is 0 Å². The molecule has 38 heavy (non-hydrogen) atoms. The van der Waals surface area contributed by atoms with Crippen LogP contribution < -0.4 is 5.32 Å². The molecule has 0 aliphatic carbocycles. The van der Waals surface area contributed by atoms with Crippen LogP contribution in [-0.2, 0) is 17.9 Å². The number of carbonyl (C=O) groups is 2. The summed E-state index contributed by atoms with van der Waals surface area (Å²) in [7, 11) is 0. The third-order valence-electron chi connectivity index (χ3n) is 5.41. The summed E-state index contributed by atoms with van der Waals surface area (Å²) in [5, 5.41) is 115. The molecule has 1 amide bonds. The summed E-state index contributed by atoms with van der Waals surface area (Å²) in [6, 6.07) is 6.52. The van der Waals surface area contributed by atoms with Gasteiger partial charge in [0, 0.05) is 26.2 Å². The third-order valence-corrected chi connectivity index (χ3v) is 5.41. The molecular formula is C22H38N2O14. The minimum Gasteiger partial charge on any atom is -0.483 e. The van der Waals surface area contributed by atoms with Gasteiger partial charge in [-0.05, 0) is 11.1 Å². The highest BCUT2D eigenvalue weighted by Crippen LogP contribution is 2.14. The normalized spacial score (nSPS) is 17.7. The maximum absolute atomic E-state index is 10.6. The Balaban J connectivity index is 0.00000434. The van der Waals surface area contributed by atoms with E-state index in [0.717, 1.165) is 0 Å². The fraction of sp³-hybridized carbons (Fsp3) is 0.636. The summed E-state index contributed by atoms with van der Waals surface area (Å²) in [4.78, 5) is 20.3. The molecule has 0 aliphatic rings. The van der Waals surface area contributed by atoms with Crippen molar-refractivity contribution in [2.24, 2.45) is 0 Å². The predicted octanol–water partition coefficient (Wildman–Crippen LogP) is -5.17. The first kappa shape index (κ1) is 35.5. The van der Waals surface area contributed by atoms with Gasteiger partial charge in [0.1, 0.15) is 36.6 Å². The molecule has 0 saturated heterocycles. The minimum absolute atomic E-state index is 0.0114. The van der Waals surface area contributed by atoms with Crippen molar-refractivity contribution in [2.75, 3.05) is 26.3 Å². The SMILES string of the molecule is O=C(O)NCc1ccc(CN(CC(O)C(O)C(O)C(O)CO)CC(O)C(O)C(O)C(O)CO)cc1.O=CO. The highest BCUT2D eigenvalue weighted by molar-refractivity contribution is 5.64. The number of benzene rings is 1. The number of carboxylic acid groups (broad SMARTS) is 2. The monoisotopic (exact) mass is 554 g/mol. The molecule has 0 saturated carbocycles. The summed E-state index contributed by atoms with van der Waals surface area (Å²) < 4.78 is 0. The van der Waals surface area contributed by atoms with Gasteiger partial charge in [-0.1, -0.05) is 24.3 Å². The molecule has 0 aliphatic heterocycles. The molecule has 8 atom stereocenters. The Labute approximate surface area is 217 Å². The molecule has 1 aromatic carbocycles. The van der Waals surface area contributed by atoms with Crippen molar-refractivity contribution in [1.29, 1.82) is 0 Å². The molecule has 1 aromatic rings. The van der Waals surface area contributed by atoms with Gasteiger partial charge in [0.15, 0.2) is 0 Å². The Morgan fingerprint density at radius 3 is 1.42 bits per heavy atom. The lowest BCUT2D eigenvalue weighted by Crippen LogP contribution is -2.53. The number of nitrogens with zero attached hydrogens (tertiary/aromatic N) is 1. The zero-order valence-electron chi connectivity index (χ0n) is 20.4. The van der Waals surface area contributed by atoms with E-state index in [0.29, 0.717) is 11.1 Å². The topological polar surface area (TPSA) is 292 Å². The molecule has 16 heteroatoms. The first-order valence-corrected chi connectivity index (χ1v) is 11.3. The second-order valence-corrected chi connectivity index (χ2v) is 8.37. The maximum atomic E-state index is 10.6. The van der Waals surface area contributed by atoms with Crippen LogP contribution in [0.3, 0.4) is 0 Å². The average molecular weight is 555 g/mol. The molecule has 0 bridgehead atoms. The first-order chi connectivity index (χ1) is 17.8. The summed E-state index contributed by atoms with van der Waals surface area (Å²) in [5.74, 6) is 0. The van der Waals surface area contributed by atoms with Gasteiger partial charge in [-0.25, -0.2) is 4.79 Å². The number of amides is 1. The van der Waals surface area contributed by atoms with E-state index >= 15 is 0 Å². The van der Waals surface area contributed by atoms with Crippen molar-refractivity contribution in [3.63, 3.8) is 0 Å². The molecule has 0 spiro atoms. The summed E-state index contributed by atoms with van der Waals surface area (Å²) >= 11 is 0. The van der Waals surface area contributed by atoms with Crippen molar-refractivity contribution in [3.8, 4) is 0 Å². The molecule has 13 N–H and O–H groups in total. The minimum atomic E-state index is -1.88. The predicted molar refractivity (Wildman–Crippen MR) is 128 cm³/mol. The van der Waals surface area contributed by atoms with Crippen molar-refractivity contribution < 1.29 is 70.9 Å². The Kier molecular flexibility index (Phi) is 17.5. The maximum Gasteiger partial charge on any atom is 0.404 e. The number of hydrogen-bond donors (Lipinski definition) is 13. The van der Waals surface area contributed by atoms with Gasteiger partial charge < -0.3 is 66.6 Å². The van der Waals surface area contributed by atoms with Crippen LogP contribution in [0.15, 0.2) is 24.3 Å². The van der Waals surface area contributed by atoms with Crippen LogP contribution in [0.25, 0.3) is 0 Å². The second-order valence-electron chi connectivity index (χ2n) is 8.37. The van der Waals surface area contributed by atoms with Gasteiger partial charge in [-0.15, -0.1) is 0 Å². The molecule has 0 aromatic heterocycles. The van der Waals surface area contributed by atoms with E-state index in [4.69, 9.17) is 25.2 Å². The summed E-state index contributed by atoms with van der Waals surface area (Å²) in [5.41, 5.74) is 1.26. The van der Waals surface area contributed by atoms with Crippen molar-refractivity contribution in [2.45, 2.75) is 61.9 Å². The summed E-state index contributed by atoms with van der Waals surface area (Å²) in [6.07, 6.45) is -15.5. The van der Waals surface area contributed by atoms with E-state index in [1.54, 1.807) is 24.3 Å². The van der Waals surface area contributed by atoms with Gasteiger partial charge in [0.25, 0.3) is 6.47 Å². The fourth-order valence-electron chi connectivity index (χ4n) is 3.27.